The van der Waals surface area contributed by atoms with Gasteiger partial charge in [0.25, 0.3) is 0 Å². The van der Waals surface area contributed by atoms with Gasteiger partial charge < -0.3 is 14.6 Å². The van der Waals surface area contributed by atoms with Crippen LogP contribution in [0.15, 0.2) is 59.9 Å². The van der Waals surface area contributed by atoms with Crippen molar-refractivity contribution in [1.29, 1.82) is 0 Å². The second kappa shape index (κ2) is 8.58. The van der Waals surface area contributed by atoms with Crippen LogP contribution in [0.3, 0.4) is 0 Å². The number of ether oxygens (including phenoxy) is 2. The fraction of sp³-hybridized carbons (Fsp3) is 0.250. The zero-order valence-corrected chi connectivity index (χ0v) is 16.2. The summed E-state index contributed by atoms with van der Waals surface area (Å²) in [5.74, 6) is 0.0367. The number of aliphatic hydroxyl groups excluding tert-OH is 1. The van der Waals surface area contributed by atoms with Crippen molar-refractivity contribution in [3.05, 3.63) is 75.2 Å². The quantitative estimate of drug-likeness (QED) is 0.748. The highest BCUT2D eigenvalue weighted by Crippen LogP contribution is 2.40. The number of Topliss-reactive ketones (excluding diaryl/α,β-unsaturated/α-hetero) is 1. The zero-order valence-electron chi connectivity index (χ0n) is 14.5. The number of ketones is 1. The Morgan fingerprint density at radius 3 is 2.62 bits per heavy atom. The second-order valence-electron chi connectivity index (χ2n) is 5.87. The third-order valence-electron chi connectivity index (χ3n) is 3.79. The van der Waals surface area contributed by atoms with Gasteiger partial charge in [-0.1, -0.05) is 42.1 Å². The van der Waals surface area contributed by atoms with Crippen molar-refractivity contribution in [3.8, 4) is 0 Å². The van der Waals surface area contributed by atoms with Gasteiger partial charge in [-0.3, -0.25) is 4.79 Å². The summed E-state index contributed by atoms with van der Waals surface area (Å²) in [6.07, 6.45) is 2.35. The van der Waals surface area contributed by atoms with Crippen molar-refractivity contribution in [3.63, 3.8) is 0 Å². The third-order valence-corrected chi connectivity index (χ3v) is 6.35. The summed E-state index contributed by atoms with van der Waals surface area (Å²) < 4.78 is 11.7. The SMILES string of the molecule is CC(=O)c1ccc(/C2=C\OCC(c3ccccc3)O/C=C(\[C@H](C)O)S2)s1. The molecule has 2 atom stereocenters. The maximum Gasteiger partial charge on any atom is 0.169 e. The van der Waals surface area contributed by atoms with E-state index in [0.29, 0.717) is 16.4 Å². The molecule has 0 radical (unpaired) electrons. The predicted molar refractivity (Wildman–Crippen MR) is 106 cm³/mol. The topological polar surface area (TPSA) is 55.8 Å². The van der Waals surface area contributed by atoms with E-state index < -0.39 is 6.10 Å². The molecule has 0 aliphatic carbocycles. The van der Waals surface area contributed by atoms with Crippen molar-refractivity contribution in [2.45, 2.75) is 26.1 Å². The van der Waals surface area contributed by atoms with Gasteiger partial charge in [0, 0.05) is 4.88 Å². The molecule has 3 rings (SSSR count). The van der Waals surface area contributed by atoms with E-state index in [0.717, 1.165) is 15.3 Å². The highest BCUT2D eigenvalue weighted by atomic mass is 32.2. The van der Waals surface area contributed by atoms with Crippen LogP contribution in [0.5, 0.6) is 0 Å². The fourth-order valence-electron chi connectivity index (χ4n) is 2.37. The van der Waals surface area contributed by atoms with Crippen LogP contribution in [0.25, 0.3) is 4.91 Å². The Labute approximate surface area is 161 Å². The van der Waals surface area contributed by atoms with E-state index in [1.807, 2.05) is 42.5 Å². The molecule has 1 aromatic heterocycles. The van der Waals surface area contributed by atoms with E-state index in [2.05, 4.69) is 0 Å². The van der Waals surface area contributed by atoms with Crippen LogP contribution < -0.4 is 0 Å². The summed E-state index contributed by atoms with van der Waals surface area (Å²) in [5.41, 5.74) is 1.01. The summed E-state index contributed by atoms with van der Waals surface area (Å²) in [4.78, 5) is 14.7. The first-order valence-electron chi connectivity index (χ1n) is 8.24. The highest BCUT2D eigenvalue weighted by molar-refractivity contribution is 8.12. The Balaban J connectivity index is 1.89. The minimum absolute atomic E-state index is 0.0367. The Bertz CT molecular complexity index is 821. The van der Waals surface area contributed by atoms with Crippen molar-refractivity contribution in [2.24, 2.45) is 0 Å². The number of hydrogen-bond donors (Lipinski definition) is 1. The maximum absolute atomic E-state index is 11.6. The van der Waals surface area contributed by atoms with Crippen molar-refractivity contribution >= 4 is 33.8 Å². The van der Waals surface area contributed by atoms with E-state index in [1.165, 1.54) is 23.1 Å². The highest BCUT2D eigenvalue weighted by Gasteiger charge is 2.19. The lowest BCUT2D eigenvalue weighted by atomic mass is 10.1. The number of thioether (sulfide) groups is 1. The molecule has 0 fully saturated rings. The van der Waals surface area contributed by atoms with Crippen LogP contribution in [0.1, 0.15) is 40.1 Å². The lowest BCUT2D eigenvalue weighted by Gasteiger charge is -2.17. The lowest BCUT2D eigenvalue weighted by Crippen LogP contribution is -2.08. The number of benzene rings is 1. The molecule has 0 amide bonds. The average molecular weight is 389 g/mol. The van der Waals surface area contributed by atoms with Gasteiger partial charge in [-0.2, -0.15) is 0 Å². The smallest absolute Gasteiger partial charge is 0.169 e. The molecule has 136 valence electrons. The fourth-order valence-corrected chi connectivity index (χ4v) is 4.23. The maximum atomic E-state index is 11.6. The summed E-state index contributed by atoms with van der Waals surface area (Å²) in [7, 11) is 0. The number of rotatable bonds is 4. The summed E-state index contributed by atoms with van der Waals surface area (Å²) in [6, 6.07) is 13.5. The van der Waals surface area contributed by atoms with E-state index in [1.54, 1.807) is 26.4 Å². The minimum atomic E-state index is -0.676. The minimum Gasteiger partial charge on any atom is -0.496 e. The largest absolute Gasteiger partial charge is 0.496 e. The van der Waals surface area contributed by atoms with Crippen LogP contribution in [0, 0.1) is 0 Å². The molecule has 6 heteroatoms. The molecule has 26 heavy (non-hydrogen) atoms. The Kier molecular flexibility index (Phi) is 6.19. The molecule has 4 nitrogen and oxygen atoms in total. The number of aliphatic hydroxyl groups is 1. The molecular formula is C20H20O4S2. The standard InChI is InChI=1S/C20H20O4S2/c1-13(21)17-8-9-18(25-17)20-11-23-10-16(15-6-4-3-5-7-15)24-12-19(26-20)14(2)22/h3-9,11-12,14,16,22H,10H2,1-2H3/b19-12+,20-11+/t14-,16?/m0/s1. The van der Waals surface area contributed by atoms with Gasteiger partial charge in [-0.15, -0.1) is 11.3 Å². The molecule has 1 unspecified atom stereocenters. The molecule has 1 N–H and O–H groups in total. The number of hydrogen-bond acceptors (Lipinski definition) is 6. The number of thiophene rings is 1. The molecule has 2 aromatic rings. The molecule has 2 heterocycles. The normalized spacial score (nSPS) is 23.0. The van der Waals surface area contributed by atoms with E-state index >= 15 is 0 Å². The van der Waals surface area contributed by atoms with Crippen LogP contribution in [-0.2, 0) is 9.47 Å². The van der Waals surface area contributed by atoms with E-state index in [-0.39, 0.29) is 11.9 Å². The van der Waals surface area contributed by atoms with Crippen molar-refractivity contribution in [1.82, 2.24) is 0 Å². The first kappa shape index (κ1) is 18.8. The first-order valence-corrected chi connectivity index (χ1v) is 9.87. The van der Waals surface area contributed by atoms with Gasteiger partial charge in [-0.05, 0) is 31.5 Å². The van der Waals surface area contributed by atoms with E-state index in [4.69, 9.17) is 9.47 Å². The summed E-state index contributed by atoms with van der Waals surface area (Å²) in [6.45, 7) is 3.60. The van der Waals surface area contributed by atoms with Crippen LogP contribution in [0.2, 0.25) is 0 Å². The Morgan fingerprint density at radius 2 is 1.96 bits per heavy atom. The van der Waals surface area contributed by atoms with E-state index in [9.17, 15) is 9.90 Å². The molecule has 0 saturated heterocycles. The Morgan fingerprint density at radius 1 is 1.19 bits per heavy atom. The average Bonchev–Trinajstić information content (AvgIpc) is 3.15. The second-order valence-corrected chi connectivity index (χ2v) is 8.07. The summed E-state index contributed by atoms with van der Waals surface area (Å²) >= 11 is 2.80. The van der Waals surface area contributed by atoms with Gasteiger partial charge in [0.05, 0.1) is 33.3 Å². The molecule has 1 aliphatic rings. The van der Waals surface area contributed by atoms with Gasteiger partial charge >= 0.3 is 0 Å². The molecular weight excluding hydrogens is 368 g/mol. The molecule has 1 aliphatic heterocycles. The number of carbonyl (C=O) groups is 1. The lowest BCUT2D eigenvalue weighted by molar-refractivity contribution is 0.0670. The van der Waals surface area contributed by atoms with Gasteiger partial charge in [0.15, 0.2) is 11.9 Å². The molecule has 0 spiro atoms. The van der Waals surface area contributed by atoms with Crippen LogP contribution in [-0.4, -0.2) is 23.6 Å². The zero-order chi connectivity index (χ0) is 18.5. The number of carbonyl (C=O) groups excluding carboxylic acids is 1. The van der Waals surface area contributed by atoms with Crippen molar-refractivity contribution < 1.29 is 19.4 Å². The first-order chi connectivity index (χ1) is 12.5. The van der Waals surface area contributed by atoms with Gasteiger partial charge in [-0.25, -0.2) is 0 Å². The molecule has 1 aromatic carbocycles. The van der Waals surface area contributed by atoms with Crippen LogP contribution in [0.4, 0.5) is 0 Å². The van der Waals surface area contributed by atoms with Crippen LogP contribution >= 0.6 is 23.1 Å². The monoisotopic (exact) mass is 388 g/mol. The predicted octanol–water partition coefficient (Wildman–Crippen LogP) is 4.99. The summed E-state index contributed by atoms with van der Waals surface area (Å²) in [5, 5.41) is 10.1. The molecule has 0 bridgehead atoms. The molecule has 0 saturated carbocycles. The van der Waals surface area contributed by atoms with Gasteiger partial charge in [0.2, 0.25) is 0 Å². The Hall–Kier alpha value is -2.02. The van der Waals surface area contributed by atoms with Crippen molar-refractivity contribution in [2.75, 3.05) is 6.61 Å². The third kappa shape index (κ3) is 4.58. The van der Waals surface area contributed by atoms with Gasteiger partial charge in [0.1, 0.15) is 6.61 Å².